The van der Waals surface area contributed by atoms with Gasteiger partial charge in [0.25, 0.3) is 5.56 Å². The van der Waals surface area contributed by atoms with E-state index in [1.165, 1.54) is 0 Å². The molecular formula is C42H57N3O8. The first kappa shape index (κ1) is 38.9. The number of aryl methyl sites for hydroxylation is 1. The number of benzene rings is 1. The molecule has 3 aliphatic heterocycles. The van der Waals surface area contributed by atoms with Gasteiger partial charge >= 0.3 is 12.1 Å². The molecule has 0 bridgehead atoms. The number of ether oxygens (including phenoxy) is 4. The van der Waals surface area contributed by atoms with Crippen molar-refractivity contribution in [1.82, 2.24) is 14.5 Å². The van der Waals surface area contributed by atoms with E-state index < -0.39 is 11.6 Å². The van der Waals surface area contributed by atoms with Gasteiger partial charge in [-0.3, -0.25) is 4.79 Å². The van der Waals surface area contributed by atoms with Crippen molar-refractivity contribution < 1.29 is 33.6 Å². The summed E-state index contributed by atoms with van der Waals surface area (Å²) in [6, 6.07) is 7.19. The Morgan fingerprint density at radius 3 is 2.25 bits per heavy atom. The van der Waals surface area contributed by atoms with E-state index in [1.807, 2.05) is 12.1 Å². The number of aliphatic hydroxyl groups is 1. The molecule has 0 saturated carbocycles. The molecule has 1 fully saturated rings. The molecule has 5 heterocycles. The van der Waals surface area contributed by atoms with E-state index in [9.17, 15) is 19.5 Å². The third-order valence-electron chi connectivity index (χ3n) is 11.1. The number of fused-ring (bicyclic) bond motifs is 5. The van der Waals surface area contributed by atoms with Crippen molar-refractivity contribution in [2.75, 3.05) is 26.3 Å². The lowest BCUT2D eigenvalue weighted by atomic mass is 9.81. The number of likely N-dealkylation sites (tertiary alicyclic amines) is 1. The Morgan fingerprint density at radius 2 is 1.64 bits per heavy atom. The molecule has 11 nitrogen and oxygen atoms in total. The summed E-state index contributed by atoms with van der Waals surface area (Å²) in [5, 5.41) is 12.1. The second kappa shape index (κ2) is 14.5. The number of hydrogen-bond acceptors (Lipinski definition) is 9. The standard InChI is InChI=1S/C42H57N3O8/c1-10-28-29-20-27(53-38(48)44-18-15-26(16-19-44)14-17-41(9,24-51-39(3,4)5)25-52-40(6,7)8)12-13-33(29)43-35-30(28)22-45-34(35)21-32-31(36(45)46)23-50-37(47)42(32,49)11-2/h12-13,20-21,26,49H,10-11,14-19,22-25H2,1-9H3. The van der Waals surface area contributed by atoms with Gasteiger partial charge in [-0.1, -0.05) is 20.8 Å². The number of piperidine rings is 1. The normalized spacial score (nSPS) is 19.2. The predicted octanol–water partition coefficient (Wildman–Crippen LogP) is 7.27. The van der Waals surface area contributed by atoms with Gasteiger partial charge in [0.1, 0.15) is 12.4 Å². The van der Waals surface area contributed by atoms with Crippen molar-refractivity contribution in [3.8, 4) is 17.1 Å². The Morgan fingerprint density at radius 1 is 0.981 bits per heavy atom. The van der Waals surface area contributed by atoms with Crippen LogP contribution in [0, 0.1) is 11.3 Å². The SMILES string of the molecule is CCc1c2c(nc3ccc(OC(=O)N4CCC(CCC(C)(COC(C)(C)C)COC(C)(C)C)CC4)cc13)-c1cc3c(c(=O)n1C2)COC(=O)C3(O)CC. The van der Waals surface area contributed by atoms with Gasteiger partial charge in [0.2, 0.25) is 0 Å². The van der Waals surface area contributed by atoms with Crippen LogP contribution < -0.4 is 10.3 Å². The highest BCUT2D eigenvalue weighted by atomic mass is 16.6. The fraction of sp³-hybridized carbons (Fsp3) is 0.619. The van der Waals surface area contributed by atoms with Crippen molar-refractivity contribution in [1.29, 1.82) is 0 Å². The fourth-order valence-corrected chi connectivity index (χ4v) is 7.70. The van der Waals surface area contributed by atoms with Gasteiger partial charge in [0.15, 0.2) is 5.60 Å². The number of esters is 1. The largest absolute Gasteiger partial charge is 0.458 e. The maximum Gasteiger partial charge on any atom is 0.415 e. The number of pyridine rings is 2. The zero-order valence-corrected chi connectivity index (χ0v) is 33.0. The number of carbonyl (C=O) groups excluding carboxylic acids is 2. The molecule has 288 valence electrons. The quantitative estimate of drug-likeness (QED) is 0.168. The third kappa shape index (κ3) is 8.03. The molecule has 1 amide bonds. The van der Waals surface area contributed by atoms with Gasteiger partial charge in [0.05, 0.1) is 53.4 Å². The van der Waals surface area contributed by atoms with E-state index in [1.54, 1.807) is 28.5 Å². The van der Waals surface area contributed by atoms with Crippen molar-refractivity contribution in [2.24, 2.45) is 11.3 Å². The molecule has 1 saturated heterocycles. The van der Waals surface area contributed by atoms with Crippen LogP contribution in [-0.2, 0) is 44.2 Å². The number of amides is 1. The third-order valence-corrected chi connectivity index (χ3v) is 11.1. The molecule has 3 aliphatic rings. The Balaban J connectivity index is 1.13. The van der Waals surface area contributed by atoms with Crippen LogP contribution in [0.15, 0.2) is 29.1 Å². The maximum atomic E-state index is 13.7. The van der Waals surface area contributed by atoms with Gasteiger partial charge in [0, 0.05) is 35.0 Å². The smallest absolute Gasteiger partial charge is 0.415 e. The van der Waals surface area contributed by atoms with Crippen LogP contribution in [0.5, 0.6) is 5.75 Å². The van der Waals surface area contributed by atoms with Crippen LogP contribution in [0.2, 0.25) is 0 Å². The Hall–Kier alpha value is -3.80. The molecule has 1 unspecified atom stereocenters. The Kier molecular flexibility index (Phi) is 10.6. The number of nitrogens with zero attached hydrogens (tertiary/aromatic N) is 3. The van der Waals surface area contributed by atoms with Crippen LogP contribution in [0.4, 0.5) is 4.79 Å². The van der Waals surface area contributed by atoms with Crippen molar-refractivity contribution in [3.05, 3.63) is 56.9 Å². The maximum absolute atomic E-state index is 13.7. The molecular weight excluding hydrogens is 674 g/mol. The molecule has 0 radical (unpaired) electrons. The minimum absolute atomic E-state index is 0.0836. The van der Waals surface area contributed by atoms with Crippen LogP contribution in [0.25, 0.3) is 22.3 Å². The number of carbonyl (C=O) groups is 2. The van der Waals surface area contributed by atoms with Gasteiger partial charge in [-0.25, -0.2) is 14.6 Å². The van der Waals surface area contributed by atoms with Crippen LogP contribution >= 0.6 is 0 Å². The van der Waals surface area contributed by atoms with E-state index >= 15 is 0 Å². The first-order chi connectivity index (χ1) is 24.8. The number of cyclic esters (lactones) is 1. The number of aromatic nitrogens is 2. The van der Waals surface area contributed by atoms with Crippen LogP contribution in [-0.4, -0.2) is 69.1 Å². The van der Waals surface area contributed by atoms with Crippen molar-refractivity contribution in [3.63, 3.8) is 0 Å². The molecule has 1 atom stereocenters. The minimum Gasteiger partial charge on any atom is -0.458 e. The molecule has 0 spiro atoms. The summed E-state index contributed by atoms with van der Waals surface area (Å²) in [7, 11) is 0. The average molecular weight is 732 g/mol. The molecule has 0 aliphatic carbocycles. The molecule has 11 heteroatoms. The molecule has 3 aromatic rings. The van der Waals surface area contributed by atoms with E-state index in [0.717, 1.165) is 42.2 Å². The topological polar surface area (TPSA) is 129 Å². The second-order valence-electron chi connectivity index (χ2n) is 17.5. The second-order valence-corrected chi connectivity index (χ2v) is 17.5. The van der Waals surface area contributed by atoms with Crippen LogP contribution in [0.1, 0.15) is 117 Å². The minimum atomic E-state index is -1.88. The summed E-state index contributed by atoms with van der Waals surface area (Å²) < 4.78 is 25.3. The average Bonchev–Trinajstić information content (AvgIpc) is 3.48. The summed E-state index contributed by atoms with van der Waals surface area (Å²) in [6.45, 7) is 21.2. The van der Waals surface area contributed by atoms with E-state index in [-0.39, 0.29) is 41.3 Å². The van der Waals surface area contributed by atoms with Crippen molar-refractivity contribution in [2.45, 2.75) is 131 Å². The number of hydrogen-bond donors (Lipinski definition) is 1. The monoisotopic (exact) mass is 731 g/mol. The molecule has 53 heavy (non-hydrogen) atoms. The highest BCUT2D eigenvalue weighted by Gasteiger charge is 2.45. The van der Waals surface area contributed by atoms with E-state index in [0.29, 0.717) is 79.0 Å². The highest BCUT2D eigenvalue weighted by Crippen LogP contribution is 2.41. The summed E-state index contributed by atoms with van der Waals surface area (Å²) in [6.07, 6.45) is 4.25. The van der Waals surface area contributed by atoms with Gasteiger partial charge in [-0.15, -0.1) is 0 Å². The van der Waals surface area contributed by atoms with Crippen molar-refractivity contribution >= 4 is 23.0 Å². The Labute approximate surface area is 313 Å². The zero-order valence-electron chi connectivity index (χ0n) is 33.0. The lowest BCUT2D eigenvalue weighted by Crippen LogP contribution is -2.44. The Bertz CT molecular complexity index is 1930. The van der Waals surface area contributed by atoms with Gasteiger partial charge in [-0.05, 0) is 116 Å². The fourth-order valence-electron chi connectivity index (χ4n) is 7.70. The lowest BCUT2D eigenvalue weighted by Gasteiger charge is -2.37. The zero-order chi connectivity index (χ0) is 38.5. The summed E-state index contributed by atoms with van der Waals surface area (Å²) in [5.74, 6) is 0.209. The van der Waals surface area contributed by atoms with E-state index in [2.05, 4.69) is 55.4 Å². The summed E-state index contributed by atoms with van der Waals surface area (Å²) in [5.41, 5.74) is 1.72. The molecule has 1 N–H and O–H groups in total. The van der Waals surface area contributed by atoms with Crippen LogP contribution in [0.3, 0.4) is 0 Å². The highest BCUT2D eigenvalue weighted by molar-refractivity contribution is 5.90. The first-order valence-corrected chi connectivity index (χ1v) is 19.2. The van der Waals surface area contributed by atoms with Gasteiger partial charge < -0.3 is 33.5 Å². The number of rotatable bonds is 10. The molecule has 2 aromatic heterocycles. The summed E-state index contributed by atoms with van der Waals surface area (Å²) >= 11 is 0. The molecule has 6 rings (SSSR count). The first-order valence-electron chi connectivity index (χ1n) is 19.2. The lowest BCUT2D eigenvalue weighted by molar-refractivity contribution is -0.172. The summed E-state index contributed by atoms with van der Waals surface area (Å²) in [4.78, 5) is 46.4. The van der Waals surface area contributed by atoms with E-state index in [4.69, 9.17) is 23.9 Å². The predicted molar refractivity (Wildman–Crippen MR) is 203 cm³/mol. The van der Waals surface area contributed by atoms with Gasteiger partial charge in [-0.2, -0.15) is 0 Å². The molecule has 1 aromatic carbocycles.